The topological polar surface area (TPSA) is 52.3 Å². The maximum atomic E-state index is 12.9. The van der Waals surface area contributed by atoms with E-state index in [4.69, 9.17) is 5.73 Å². The minimum Gasteiger partial charge on any atom is -0.465 e. The van der Waals surface area contributed by atoms with Crippen molar-refractivity contribution < 1.29 is 13.9 Å². The van der Waals surface area contributed by atoms with Crippen molar-refractivity contribution in [2.24, 2.45) is 0 Å². The van der Waals surface area contributed by atoms with Gasteiger partial charge in [0.05, 0.1) is 6.61 Å². The zero-order valence-corrected chi connectivity index (χ0v) is 8.92. The summed E-state index contributed by atoms with van der Waals surface area (Å²) in [6, 6.07) is 4.01. The number of halogens is 1. The summed E-state index contributed by atoms with van der Waals surface area (Å²) in [7, 11) is 0. The van der Waals surface area contributed by atoms with Crippen LogP contribution in [-0.2, 0) is 9.53 Å². The van der Waals surface area contributed by atoms with Crippen LogP contribution >= 0.6 is 0 Å². The van der Waals surface area contributed by atoms with Gasteiger partial charge in [0.25, 0.3) is 0 Å². The Kier molecular flexibility index (Phi) is 4.34. The Morgan fingerprint density at radius 3 is 2.88 bits per heavy atom. The molecule has 1 aromatic carbocycles. The highest BCUT2D eigenvalue weighted by atomic mass is 19.1. The Hall–Kier alpha value is -2.02. The smallest absolute Gasteiger partial charge is 0.317 e. The molecule has 0 unspecified atom stereocenters. The van der Waals surface area contributed by atoms with Crippen LogP contribution in [0.4, 0.5) is 10.1 Å². The number of benzene rings is 1. The first-order chi connectivity index (χ1) is 7.61. The van der Waals surface area contributed by atoms with Crippen LogP contribution in [0.5, 0.6) is 0 Å². The summed E-state index contributed by atoms with van der Waals surface area (Å²) < 4.78 is 17.6. The van der Waals surface area contributed by atoms with E-state index in [1.54, 1.807) is 13.0 Å². The molecule has 4 heteroatoms. The number of rotatable bonds is 2. The van der Waals surface area contributed by atoms with Gasteiger partial charge in [-0.1, -0.05) is 11.8 Å². The van der Waals surface area contributed by atoms with Crippen molar-refractivity contribution in [1.29, 1.82) is 0 Å². The molecule has 0 saturated carbocycles. The van der Waals surface area contributed by atoms with E-state index in [9.17, 15) is 9.18 Å². The first-order valence-electron chi connectivity index (χ1n) is 4.82. The van der Waals surface area contributed by atoms with Gasteiger partial charge < -0.3 is 10.5 Å². The van der Waals surface area contributed by atoms with Crippen LogP contribution in [0.25, 0.3) is 0 Å². The van der Waals surface area contributed by atoms with Gasteiger partial charge in [0.1, 0.15) is 12.2 Å². The van der Waals surface area contributed by atoms with E-state index in [1.165, 1.54) is 12.1 Å². The lowest BCUT2D eigenvalue weighted by molar-refractivity contribution is -0.141. The van der Waals surface area contributed by atoms with Crippen LogP contribution in [0.3, 0.4) is 0 Å². The Balaban J connectivity index is 2.66. The van der Waals surface area contributed by atoms with E-state index in [1.807, 2.05) is 0 Å². The fourth-order valence-corrected chi connectivity index (χ4v) is 1.11. The molecule has 84 valence electrons. The fourth-order valence-electron chi connectivity index (χ4n) is 1.11. The van der Waals surface area contributed by atoms with Gasteiger partial charge in [-0.3, -0.25) is 4.79 Å². The summed E-state index contributed by atoms with van der Waals surface area (Å²) in [5.74, 6) is 4.41. The fraction of sp³-hybridized carbons (Fsp3) is 0.250. The predicted octanol–water partition coefficient (Wildman–Crippen LogP) is 1.71. The third-order valence-electron chi connectivity index (χ3n) is 1.69. The molecule has 0 heterocycles. The van der Waals surface area contributed by atoms with Crippen LogP contribution in [0.1, 0.15) is 18.9 Å². The SMILES string of the molecule is CCOC(=O)CC#Cc1cc(N)cc(F)c1. The molecular weight excluding hydrogens is 209 g/mol. The molecule has 0 saturated heterocycles. The molecule has 0 bridgehead atoms. The lowest BCUT2D eigenvalue weighted by Gasteiger charge is -1.96. The molecule has 2 N–H and O–H groups in total. The van der Waals surface area contributed by atoms with Gasteiger partial charge in [-0.15, -0.1) is 0 Å². The third-order valence-corrected chi connectivity index (χ3v) is 1.69. The Bertz CT molecular complexity index is 426. The van der Waals surface area contributed by atoms with Crippen molar-refractivity contribution in [2.75, 3.05) is 12.3 Å². The molecule has 0 fully saturated rings. The molecule has 16 heavy (non-hydrogen) atoms. The summed E-state index contributed by atoms with van der Waals surface area (Å²) in [6.07, 6.45) is -0.00966. The van der Waals surface area contributed by atoms with Gasteiger partial charge in [-0.05, 0) is 25.1 Å². The van der Waals surface area contributed by atoms with E-state index in [2.05, 4.69) is 16.6 Å². The number of esters is 1. The van der Waals surface area contributed by atoms with Gasteiger partial charge in [0.2, 0.25) is 0 Å². The summed E-state index contributed by atoms with van der Waals surface area (Å²) in [6.45, 7) is 2.05. The minimum atomic E-state index is -0.444. The maximum absolute atomic E-state index is 12.9. The van der Waals surface area contributed by atoms with Crippen molar-refractivity contribution in [3.05, 3.63) is 29.6 Å². The van der Waals surface area contributed by atoms with E-state index in [-0.39, 0.29) is 12.4 Å². The second-order valence-corrected chi connectivity index (χ2v) is 3.06. The second kappa shape index (κ2) is 5.76. The molecular formula is C12H12FNO2. The highest BCUT2D eigenvalue weighted by molar-refractivity contribution is 5.72. The second-order valence-electron chi connectivity index (χ2n) is 3.06. The number of carbonyl (C=O) groups is 1. The van der Waals surface area contributed by atoms with Gasteiger partial charge in [0, 0.05) is 11.3 Å². The van der Waals surface area contributed by atoms with Crippen molar-refractivity contribution in [3.8, 4) is 11.8 Å². The van der Waals surface area contributed by atoms with E-state index in [0.29, 0.717) is 17.9 Å². The first-order valence-corrected chi connectivity index (χ1v) is 4.82. The zero-order chi connectivity index (χ0) is 12.0. The summed E-state index contributed by atoms with van der Waals surface area (Å²) in [4.78, 5) is 10.9. The van der Waals surface area contributed by atoms with E-state index >= 15 is 0 Å². The largest absolute Gasteiger partial charge is 0.465 e. The number of nitrogen functional groups attached to an aromatic ring is 1. The van der Waals surface area contributed by atoms with E-state index in [0.717, 1.165) is 0 Å². The maximum Gasteiger partial charge on any atom is 0.317 e. The van der Waals surface area contributed by atoms with Crippen LogP contribution in [0.15, 0.2) is 18.2 Å². The minimum absolute atomic E-state index is 0.00966. The summed E-state index contributed by atoms with van der Waals surface area (Å²) in [5, 5.41) is 0. The van der Waals surface area contributed by atoms with Crippen LogP contribution in [0, 0.1) is 17.7 Å². The molecule has 0 radical (unpaired) electrons. The van der Waals surface area contributed by atoms with Gasteiger partial charge >= 0.3 is 5.97 Å². The molecule has 1 rings (SSSR count). The molecule has 1 aromatic rings. The molecule has 0 aliphatic heterocycles. The zero-order valence-electron chi connectivity index (χ0n) is 8.92. The molecule has 0 spiro atoms. The highest BCUT2D eigenvalue weighted by Gasteiger charge is 1.97. The van der Waals surface area contributed by atoms with Gasteiger partial charge in [-0.25, -0.2) is 4.39 Å². The Labute approximate surface area is 93.4 Å². The number of ether oxygens (including phenoxy) is 1. The van der Waals surface area contributed by atoms with Crippen LogP contribution < -0.4 is 5.73 Å². The van der Waals surface area contributed by atoms with Gasteiger partial charge in [-0.2, -0.15) is 0 Å². The number of nitrogens with two attached hydrogens (primary N) is 1. The van der Waals surface area contributed by atoms with Gasteiger partial charge in [0.15, 0.2) is 0 Å². The van der Waals surface area contributed by atoms with Crippen LogP contribution in [0.2, 0.25) is 0 Å². The van der Waals surface area contributed by atoms with Crippen molar-refractivity contribution in [2.45, 2.75) is 13.3 Å². The van der Waals surface area contributed by atoms with Crippen molar-refractivity contribution >= 4 is 11.7 Å². The number of anilines is 1. The van der Waals surface area contributed by atoms with Crippen LogP contribution in [-0.4, -0.2) is 12.6 Å². The van der Waals surface area contributed by atoms with E-state index < -0.39 is 5.82 Å². The average molecular weight is 221 g/mol. The monoisotopic (exact) mass is 221 g/mol. The summed E-state index contributed by atoms with van der Waals surface area (Å²) in [5.41, 5.74) is 6.19. The van der Waals surface area contributed by atoms with Crippen molar-refractivity contribution in [3.63, 3.8) is 0 Å². The van der Waals surface area contributed by atoms with Crippen molar-refractivity contribution in [1.82, 2.24) is 0 Å². The third kappa shape index (κ3) is 4.01. The molecule has 0 amide bonds. The number of carbonyl (C=O) groups excluding carboxylic acids is 1. The standard InChI is InChI=1S/C12H12FNO2/c1-2-16-12(15)5-3-4-9-6-10(13)8-11(14)7-9/h6-8H,2,5,14H2,1H3. The number of hydrogen-bond acceptors (Lipinski definition) is 3. The molecule has 0 aliphatic rings. The Morgan fingerprint density at radius 1 is 1.50 bits per heavy atom. The highest BCUT2D eigenvalue weighted by Crippen LogP contribution is 2.09. The Morgan fingerprint density at radius 2 is 2.25 bits per heavy atom. The lowest BCUT2D eigenvalue weighted by atomic mass is 10.2. The first kappa shape index (κ1) is 12.1. The lowest BCUT2D eigenvalue weighted by Crippen LogP contribution is -2.01. The molecule has 3 nitrogen and oxygen atoms in total. The quantitative estimate of drug-likeness (QED) is 0.470. The number of hydrogen-bond donors (Lipinski definition) is 1. The molecule has 0 aromatic heterocycles. The normalized spacial score (nSPS) is 9.12. The summed E-state index contributed by atoms with van der Waals surface area (Å²) >= 11 is 0. The predicted molar refractivity (Wildman–Crippen MR) is 58.9 cm³/mol. The molecule has 0 aliphatic carbocycles. The average Bonchev–Trinajstić information content (AvgIpc) is 2.16. The molecule has 0 atom stereocenters.